The summed E-state index contributed by atoms with van der Waals surface area (Å²) in [5.74, 6) is 0. The fourth-order valence-electron chi connectivity index (χ4n) is 3.49. The van der Waals surface area contributed by atoms with Crippen molar-refractivity contribution in [2.45, 2.75) is 45.4 Å². The third kappa shape index (κ3) is 2.78. The molecule has 20 heavy (non-hydrogen) atoms. The van der Waals surface area contributed by atoms with Gasteiger partial charge in [0, 0.05) is 44.1 Å². The Kier molecular flexibility index (Phi) is 4.15. The summed E-state index contributed by atoms with van der Waals surface area (Å²) in [7, 11) is 2.13. The SMILES string of the molecule is Cc1cc(CNCC2CN3CCCC3CO2)c(C)n1C. The number of morpholine rings is 1. The molecule has 0 amide bonds. The van der Waals surface area contributed by atoms with E-state index in [1.54, 1.807) is 0 Å². The number of ether oxygens (including phenoxy) is 1. The zero-order chi connectivity index (χ0) is 14.1. The molecule has 1 aromatic rings. The molecule has 2 aliphatic heterocycles. The second-order valence-electron chi connectivity index (χ2n) is 6.33. The first-order valence-corrected chi connectivity index (χ1v) is 7.83. The van der Waals surface area contributed by atoms with Crippen molar-refractivity contribution < 1.29 is 4.74 Å². The highest BCUT2D eigenvalue weighted by molar-refractivity contribution is 5.26. The lowest BCUT2D eigenvalue weighted by atomic mass is 10.2. The van der Waals surface area contributed by atoms with E-state index in [4.69, 9.17) is 4.74 Å². The average molecular weight is 277 g/mol. The lowest BCUT2D eigenvalue weighted by Crippen LogP contribution is -2.49. The van der Waals surface area contributed by atoms with Crippen molar-refractivity contribution in [3.05, 3.63) is 23.0 Å². The molecule has 0 saturated carbocycles. The first-order valence-electron chi connectivity index (χ1n) is 7.83. The van der Waals surface area contributed by atoms with Crippen LogP contribution in [0.15, 0.2) is 6.07 Å². The van der Waals surface area contributed by atoms with Gasteiger partial charge in [0.15, 0.2) is 0 Å². The molecular weight excluding hydrogens is 250 g/mol. The van der Waals surface area contributed by atoms with Gasteiger partial charge in [-0.3, -0.25) is 4.90 Å². The smallest absolute Gasteiger partial charge is 0.0827 e. The fraction of sp³-hybridized carbons (Fsp3) is 0.750. The first-order chi connectivity index (χ1) is 9.65. The molecule has 0 radical (unpaired) electrons. The molecule has 4 nitrogen and oxygen atoms in total. The zero-order valence-corrected chi connectivity index (χ0v) is 13.0. The van der Waals surface area contributed by atoms with Crippen molar-refractivity contribution in [3.63, 3.8) is 0 Å². The Morgan fingerprint density at radius 2 is 2.25 bits per heavy atom. The Morgan fingerprint density at radius 1 is 1.40 bits per heavy atom. The molecule has 4 heteroatoms. The highest BCUT2D eigenvalue weighted by Crippen LogP contribution is 2.22. The monoisotopic (exact) mass is 277 g/mol. The number of nitrogens with zero attached hydrogens (tertiary/aromatic N) is 2. The zero-order valence-electron chi connectivity index (χ0n) is 13.0. The summed E-state index contributed by atoms with van der Waals surface area (Å²) in [6, 6.07) is 2.98. The van der Waals surface area contributed by atoms with Crippen molar-refractivity contribution in [3.8, 4) is 0 Å². The van der Waals surface area contributed by atoms with E-state index in [9.17, 15) is 0 Å². The summed E-state index contributed by atoms with van der Waals surface area (Å²) in [6.45, 7) is 9.54. The maximum atomic E-state index is 5.98. The van der Waals surface area contributed by atoms with Gasteiger partial charge in [0.05, 0.1) is 12.7 Å². The minimum Gasteiger partial charge on any atom is -0.374 e. The molecule has 3 heterocycles. The highest BCUT2D eigenvalue weighted by Gasteiger charge is 2.31. The van der Waals surface area contributed by atoms with Gasteiger partial charge in [-0.05, 0) is 44.9 Å². The van der Waals surface area contributed by atoms with Crippen LogP contribution >= 0.6 is 0 Å². The van der Waals surface area contributed by atoms with Crippen molar-refractivity contribution in [1.29, 1.82) is 0 Å². The van der Waals surface area contributed by atoms with Gasteiger partial charge in [0.1, 0.15) is 0 Å². The Balaban J connectivity index is 1.47. The molecule has 3 rings (SSSR count). The van der Waals surface area contributed by atoms with E-state index >= 15 is 0 Å². The number of aromatic nitrogens is 1. The Morgan fingerprint density at radius 3 is 3.00 bits per heavy atom. The predicted molar refractivity (Wildman–Crippen MR) is 80.9 cm³/mol. The minimum absolute atomic E-state index is 0.356. The predicted octanol–water partition coefficient (Wildman–Crippen LogP) is 1.59. The van der Waals surface area contributed by atoms with E-state index in [-0.39, 0.29) is 0 Å². The van der Waals surface area contributed by atoms with Gasteiger partial charge >= 0.3 is 0 Å². The number of hydrogen-bond acceptors (Lipinski definition) is 3. The van der Waals surface area contributed by atoms with Gasteiger partial charge < -0.3 is 14.6 Å². The quantitative estimate of drug-likeness (QED) is 0.906. The Labute approximate surface area is 122 Å². The number of hydrogen-bond donors (Lipinski definition) is 1. The average Bonchev–Trinajstić information content (AvgIpc) is 3.00. The normalized spacial score (nSPS) is 26.9. The van der Waals surface area contributed by atoms with Gasteiger partial charge in [-0.25, -0.2) is 0 Å². The van der Waals surface area contributed by atoms with Crippen LogP contribution in [0.5, 0.6) is 0 Å². The topological polar surface area (TPSA) is 29.4 Å². The molecule has 2 saturated heterocycles. The van der Waals surface area contributed by atoms with Crippen LogP contribution in [0.25, 0.3) is 0 Å². The maximum absolute atomic E-state index is 5.98. The number of aryl methyl sites for hydroxylation is 1. The lowest BCUT2D eigenvalue weighted by molar-refractivity contribution is -0.0470. The van der Waals surface area contributed by atoms with E-state index in [2.05, 4.69) is 41.7 Å². The Bertz CT molecular complexity index is 469. The minimum atomic E-state index is 0.356. The van der Waals surface area contributed by atoms with Crippen LogP contribution in [0, 0.1) is 13.8 Å². The van der Waals surface area contributed by atoms with Crippen LogP contribution in [0.2, 0.25) is 0 Å². The molecular formula is C16H27N3O. The molecule has 2 aliphatic rings. The van der Waals surface area contributed by atoms with Crippen LogP contribution in [-0.4, -0.2) is 47.9 Å². The van der Waals surface area contributed by atoms with Gasteiger partial charge in [0.2, 0.25) is 0 Å². The van der Waals surface area contributed by atoms with E-state index in [1.807, 2.05) is 0 Å². The van der Waals surface area contributed by atoms with Crippen molar-refractivity contribution in [2.24, 2.45) is 7.05 Å². The van der Waals surface area contributed by atoms with Gasteiger partial charge in [-0.1, -0.05) is 0 Å². The van der Waals surface area contributed by atoms with E-state index < -0.39 is 0 Å². The number of fused-ring (bicyclic) bond motifs is 1. The molecule has 0 bridgehead atoms. The molecule has 2 unspecified atom stereocenters. The maximum Gasteiger partial charge on any atom is 0.0827 e. The third-order valence-corrected chi connectivity index (χ3v) is 5.03. The fourth-order valence-corrected chi connectivity index (χ4v) is 3.49. The van der Waals surface area contributed by atoms with Crippen LogP contribution in [-0.2, 0) is 18.3 Å². The third-order valence-electron chi connectivity index (χ3n) is 5.03. The lowest BCUT2D eigenvalue weighted by Gasteiger charge is -2.35. The van der Waals surface area contributed by atoms with Crippen LogP contribution < -0.4 is 5.32 Å². The number of rotatable bonds is 4. The molecule has 0 aliphatic carbocycles. The molecule has 2 atom stereocenters. The second-order valence-corrected chi connectivity index (χ2v) is 6.33. The number of nitrogens with one attached hydrogen (secondary N) is 1. The summed E-state index contributed by atoms with van der Waals surface area (Å²) < 4.78 is 8.23. The molecule has 1 aromatic heterocycles. The van der Waals surface area contributed by atoms with Gasteiger partial charge in [-0.2, -0.15) is 0 Å². The van der Waals surface area contributed by atoms with Crippen molar-refractivity contribution in [2.75, 3.05) is 26.2 Å². The summed E-state index contributed by atoms with van der Waals surface area (Å²) in [5, 5.41) is 3.57. The summed E-state index contributed by atoms with van der Waals surface area (Å²) in [4.78, 5) is 2.60. The van der Waals surface area contributed by atoms with Crippen LogP contribution in [0.1, 0.15) is 29.8 Å². The van der Waals surface area contributed by atoms with Gasteiger partial charge in [-0.15, -0.1) is 0 Å². The van der Waals surface area contributed by atoms with Crippen LogP contribution in [0.4, 0.5) is 0 Å². The van der Waals surface area contributed by atoms with Crippen molar-refractivity contribution >= 4 is 0 Å². The summed E-state index contributed by atoms with van der Waals surface area (Å²) >= 11 is 0. The summed E-state index contributed by atoms with van der Waals surface area (Å²) in [5.41, 5.74) is 4.09. The Hall–Kier alpha value is -0.840. The molecule has 0 aromatic carbocycles. The molecule has 1 N–H and O–H groups in total. The second kappa shape index (κ2) is 5.88. The van der Waals surface area contributed by atoms with Crippen LogP contribution in [0.3, 0.4) is 0 Å². The standard InChI is InChI=1S/C16H27N3O/c1-12-7-14(13(2)18(12)3)8-17-9-16-10-19-6-4-5-15(19)11-20-16/h7,15-17H,4-6,8-11H2,1-3H3. The highest BCUT2D eigenvalue weighted by atomic mass is 16.5. The molecule has 0 spiro atoms. The molecule has 2 fully saturated rings. The van der Waals surface area contributed by atoms with Gasteiger partial charge in [0.25, 0.3) is 0 Å². The van der Waals surface area contributed by atoms with Crippen molar-refractivity contribution in [1.82, 2.24) is 14.8 Å². The molecule has 112 valence electrons. The first kappa shape index (κ1) is 14.1. The largest absolute Gasteiger partial charge is 0.374 e. The summed E-state index contributed by atoms with van der Waals surface area (Å²) in [6.07, 6.45) is 3.02. The van der Waals surface area contributed by atoms with E-state index in [0.717, 1.165) is 26.2 Å². The van der Waals surface area contributed by atoms with E-state index in [1.165, 1.54) is 36.3 Å². The van der Waals surface area contributed by atoms with E-state index in [0.29, 0.717) is 12.1 Å².